The molecule has 3 aromatic rings. The Morgan fingerprint density at radius 2 is 1.82 bits per heavy atom. The van der Waals surface area contributed by atoms with E-state index in [1.165, 1.54) is 12.1 Å². The number of nitrogens with zero attached hydrogens (tertiary/aromatic N) is 5. The lowest BCUT2D eigenvalue weighted by molar-refractivity contribution is -0.384. The Balaban J connectivity index is 1.88. The number of ether oxygens (including phenoxy) is 1. The van der Waals surface area contributed by atoms with Gasteiger partial charge in [-0.2, -0.15) is 5.10 Å². The van der Waals surface area contributed by atoms with Crippen molar-refractivity contribution in [3.63, 3.8) is 0 Å². The molecule has 9 heteroatoms. The smallest absolute Gasteiger partial charge is 0.269 e. The highest BCUT2D eigenvalue weighted by atomic mass is 16.6. The molecule has 28 heavy (non-hydrogen) atoms. The van der Waals surface area contributed by atoms with E-state index in [-0.39, 0.29) is 11.5 Å². The number of nitrogens with one attached hydrogen (secondary N) is 1. The minimum atomic E-state index is -0.464. The van der Waals surface area contributed by atoms with Crippen LogP contribution >= 0.6 is 0 Å². The zero-order valence-electron chi connectivity index (χ0n) is 14.9. The fourth-order valence-electron chi connectivity index (χ4n) is 2.21. The van der Waals surface area contributed by atoms with Crippen LogP contribution in [0.2, 0.25) is 0 Å². The lowest BCUT2D eigenvalue weighted by atomic mass is 10.3. The van der Waals surface area contributed by atoms with Crippen molar-refractivity contribution in [2.75, 3.05) is 12.5 Å². The van der Waals surface area contributed by atoms with E-state index < -0.39 is 4.92 Å². The number of hydrogen-bond acceptors (Lipinski definition) is 7. The van der Waals surface area contributed by atoms with Gasteiger partial charge < -0.3 is 4.74 Å². The predicted molar refractivity (Wildman–Crippen MR) is 105 cm³/mol. The largest absolute Gasteiger partial charge is 0.494 e. The number of aromatic nitrogens is 1. The molecule has 2 aromatic carbocycles. The van der Waals surface area contributed by atoms with E-state index in [1.54, 1.807) is 49.7 Å². The van der Waals surface area contributed by atoms with Crippen molar-refractivity contribution in [1.29, 1.82) is 0 Å². The Labute approximate surface area is 160 Å². The maximum atomic E-state index is 10.7. The Kier molecular flexibility index (Phi) is 5.99. The molecule has 9 nitrogen and oxygen atoms in total. The molecule has 0 amide bonds. The van der Waals surface area contributed by atoms with E-state index in [0.717, 1.165) is 0 Å². The zero-order chi connectivity index (χ0) is 19.8. The number of nitro benzene ring substituents is 1. The number of rotatable bonds is 6. The number of nitro groups is 1. The van der Waals surface area contributed by atoms with Crippen LogP contribution in [0.15, 0.2) is 88.3 Å². The minimum Gasteiger partial charge on any atom is -0.494 e. The summed E-state index contributed by atoms with van der Waals surface area (Å²) < 4.78 is 5.26. The van der Waals surface area contributed by atoms with Crippen molar-refractivity contribution in [2.45, 2.75) is 0 Å². The molecule has 0 aliphatic carbocycles. The van der Waals surface area contributed by atoms with Crippen LogP contribution in [0.5, 0.6) is 5.75 Å². The lowest BCUT2D eigenvalue weighted by Gasteiger charge is -2.04. The highest BCUT2D eigenvalue weighted by molar-refractivity contribution is 5.97. The summed E-state index contributed by atoms with van der Waals surface area (Å²) in [4.78, 5) is 14.5. The molecule has 0 radical (unpaired) electrons. The van der Waals surface area contributed by atoms with Gasteiger partial charge in [-0.15, -0.1) is 10.2 Å². The molecular formula is C19H16N6O3. The van der Waals surface area contributed by atoms with Gasteiger partial charge >= 0.3 is 0 Å². The number of benzene rings is 2. The lowest BCUT2D eigenvalue weighted by Crippen LogP contribution is -2.03. The summed E-state index contributed by atoms with van der Waals surface area (Å²) in [5.41, 5.74) is 4.43. The standard InChI is InChI=1S/C19H16N6O3/c1-28-18-8-3-2-6-16(18)22-24-19(17-7-4-5-13-20-17)23-21-14-9-11-15(12-10-14)25(26)27/h2-13,21H,1H3/b23-19+,24-22?. The van der Waals surface area contributed by atoms with Crippen LogP contribution in [-0.2, 0) is 0 Å². The van der Waals surface area contributed by atoms with E-state index >= 15 is 0 Å². The quantitative estimate of drug-likeness (QED) is 0.223. The third kappa shape index (κ3) is 4.73. The van der Waals surface area contributed by atoms with Crippen molar-refractivity contribution < 1.29 is 9.66 Å². The minimum absolute atomic E-state index is 0.00432. The normalized spacial score (nSPS) is 11.4. The number of anilines is 1. The Bertz CT molecular complexity index is 1000. The number of amidine groups is 1. The molecule has 1 N–H and O–H groups in total. The van der Waals surface area contributed by atoms with Crippen LogP contribution in [0, 0.1) is 10.1 Å². The molecule has 0 saturated heterocycles. The number of methoxy groups -OCH3 is 1. The number of hydrogen-bond donors (Lipinski definition) is 1. The number of azo groups is 1. The van der Waals surface area contributed by atoms with Crippen LogP contribution in [0.1, 0.15) is 5.69 Å². The van der Waals surface area contributed by atoms with Crippen LogP contribution in [0.4, 0.5) is 17.1 Å². The fraction of sp³-hybridized carbons (Fsp3) is 0.0526. The van der Waals surface area contributed by atoms with Gasteiger partial charge in [-0.05, 0) is 36.4 Å². The molecule has 0 spiro atoms. The SMILES string of the molecule is COc1ccccc1N=N/C(=N/Nc1ccc([N+](=O)[O-])cc1)c1ccccn1. The zero-order valence-corrected chi connectivity index (χ0v) is 14.9. The van der Waals surface area contributed by atoms with E-state index in [4.69, 9.17) is 4.74 Å². The summed E-state index contributed by atoms with van der Waals surface area (Å²) in [7, 11) is 1.55. The first kappa shape index (κ1) is 18.6. The van der Waals surface area contributed by atoms with Crippen molar-refractivity contribution >= 4 is 22.9 Å². The number of para-hydroxylation sites is 1. The maximum absolute atomic E-state index is 10.7. The van der Waals surface area contributed by atoms with Crippen molar-refractivity contribution in [3.8, 4) is 5.75 Å². The van der Waals surface area contributed by atoms with E-state index in [0.29, 0.717) is 22.8 Å². The summed E-state index contributed by atoms with van der Waals surface area (Å²) in [6.45, 7) is 0. The second-order valence-electron chi connectivity index (χ2n) is 5.44. The molecule has 3 rings (SSSR count). The molecule has 0 aliphatic rings. The van der Waals surface area contributed by atoms with Crippen molar-refractivity contribution in [1.82, 2.24) is 4.98 Å². The van der Waals surface area contributed by atoms with Gasteiger partial charge in [-0.25, -0.2) is 0 Å². The highest BCUT2D eigenvalue weighted by Crippen LogP contribution is 2.26. The van der Waals surface area contributed by atoms with Crippen LogP contribution in [0.3, 0.4) is 0 Å². The van der Waals surface area contributed by atoms with Crippen molar-refractivity contribution in [3.05, 3.63) is 88.7 Å². The molecule has 140 valence electrons. The van der Waals surface area contributed by atoms with E-state index in [9.17, 15) is 10.1 Å². The van der Waals surface area contributed by atoms with Crippen LogP contribution in [0.25, 0.3) is 0 Å². The summed E-state index contributed by atoms with van der Waals surface area (Å²) in [5, 5.41) is 23.4. The van der Waals surface area contributed by atoms with Gasteiger partial charge in [0.05, 0.1) is 17.7 Å². The molecule has 0 fully saturated rings. The van der Waals surface area contributed by atoms with E-state index in [2.05, 4.69) is 25.7 Å². The summed E-state index contributed by atoms with van der Waals surface area (Å²) in [6.07, 6.45) is 1.62. The molecule has 0 atom stereocenters. The van der Waals surface area contributed by atoms with Gasteiger partial charge in [0.2, 0.25) is 5.84 Å². The van der Waals surface area contributed by atoms with Gasteiger partial charge in [0, 0.05) is 18.3 Å². The number of hydrazone groups is 1. The van der Waals surface area contributed by atoms with Gasteiger partial charge in [0.25, 0.3) is 5.69 Å². The predicted octanol–water partition coefficient (Wildman–Crippen LogP) is 4.56. The molecule has 0 aliphatic heterocycles. The third-order valence-electron chi connectivity index (χ3n) is 3.60. The Morgan fingerprint density at radius 3 is 2.50 bits per heavy atom. The first-order chi connectivity index (χ1) is 13.7. The fourth-order valence-corrected chi connectivity index (χ4v) is 2.21. The second-order valence-corrected chi connectivity index (χ2v) is 5.44. The molecule has 1 aromatic heterocycles. The van der Waals surface area contributed by atoms with Crippen LogP contribution < -0.4 is 10.2 Å². The average molecular weight is 376 g/mol. The van der Waals surface area contributed by atoms with Crippen molar-refractivity contribution in [2.24, 2.45) is 15.3 Å². The average Bonchev–Trinajstić information content (AvgIpc) is 2.75. The maximum Gasteiger partial charge on any atom is 0.269 e. The summed E-state index contributed by atoms with van der Waals surface area (Å²) in [6, 6.07) is 18.4. The first-order valence-corrected chi connectivity index (χ1v) is 8.21. The number of non-ortho nitro benzene ring substituents is 1. The highest BCUT2D eigenvalue weighted by Gasteiger charge is 2.07. The Morgan fingerprint density at radius 1 is 1.07 bits per heavy atom. The summed E-state index contributed by atoms with van der Waals surface area (Å²) >= 11 is 0. The van der Waals surface area contributed by atoms with Gasteiger partial charge in [0.15, 0.2) is 0 Å². The monoisotopic (exact) mass is 376 g/mol. The third-order valence-corrected chi connectivity index (χ3v) is 3.60. The van der Waals surface area contributed by atoms with Gasteiger partial charge in [-0.3, -0.25) is 20.5 Å². The molecular weight excluding hydrogens is 360 g/mol. The summed E-state index contributed by atoms with van der Waals surface area (Å²) in [5.74, 6) is 0.819. The van der Waals surface area contributed by atoms with Gasteiger partial charge in [0.1, 0.15) is 17.1 Å². The van der Waals surface area contributed by atoms with Gasteiger partial charge in [-0.1, -0.05) is 18.2 Å². The topological polar surface area (TPSA) is 114 Å². The first-order valence-electron chi connectivity index (χ1n) is 8.21. The Hall–Kier alpha value is -4.14. The van der Waals surface area contributed by atoms with E-state index in [1.807, 2.05) is 18.2 Å². The van der Waals surface area contributed by atoms with Crippen LogP contribution in [-0.4, -0.2) is 22.9 Å². The number of pyridine rings is 1. The molecule has 0 saturated carbocycles. The molecule has 0 bridgehead atoms. The second kappa shape index (κ2) is 8.99. The molecule has 1 heterocycles. The molecule has 0 unspecified atom stereocenters.